The maximum Gasteiger partial charge on any atom is 0.227 e. The van der Waals surface area contributed by atoms with Crippen molar-refractivity contribution in [2.75, 3.05) is 20.6 Å². The number of hydrogen-bond acceptors (Lipinski definition) is 3. The molecule has 17 heavy (non-hydrogen) atoms. The molecule has 4 nitrogen and oxygen atoms in total. The van der Waals surface area contributed by atoms with Crippen LogP contribution in [0.2, 0.25) is 0 Å². The Balaban J connectivity index is 2.43. The van der Waals surface area contributed by atoms with Gasteiger partial charge < -0.3 is 16.0 Å². The average Bonchev–Trinajstić information content (AvgIpc) is 2.58. The van der Waals surface area contributed by atoms with E-state index >= 15 is 0 Å². The highest BCUT2D eigenvalue weighted by molar-refractivity contribution is 5.83. The zero-order chi connectivity index (χ0) is 13.1. The minimum absolute atomic E-state index is 0.0172. The van der Waals surface area contributed by atoms with Gasteiger partial charge >= 0.3 is 0 Å². The van der Waals surface area contributed by atoms with E-state index in [4.69, 9.17) is 5.73 Å². The van der Waals surface area contributed by atoms with Crippen LogP contribution in [0, 0.1) is 5.41 Å². The Hall–Kier alpha value is -0.610. The molecule has 3 N–H and O–H groups in total. The number of carbonyl (C=O) groups is 1. The molecule has 1 fully saturated rings. The monoisotopic (exact) mass is 241 g/mol. The second-order valence-corrected chi connectivity index (χ2v) is 5.88. The van der Waals surface area contributed by atoms with Crippen LogP contribution in [0.1, 0.15) is 39.5 Å². The summed E-state index contributed by atoms with van der Waals surface area (Å²) in [5, 5.41) is 3.10. The first-order valence-electron chi connectivity index (χ1n) is 6.57. The van der Waals surface area contributed by atoms with Gasteiger partial charge in [0.05, 0.1) is 5.41 Å². The molecule has 4 heteroatoms. The van der Waals surface area contributed by atoms with Crippen molar-refractivity contribution in [3.05, 3.63) is 0 Å². The molecule has 0 saturated heterocycles. The van der Waals surface area contributed by atoms with Crippen molar-refractivity contribution in [1.82, 2.24) is 10.2 Å². The SMILES string of the molecule is CC(CCN(C)C)NC(=O)C1(C)CCCC1N. The number of amides is 1. The number of hydrogen-bond donors (Lipinski definition) is 2. The highest BCUT2D eigenvalue weighted by atomic mass is 16.2. The summed E-state index contributed by atoms with van der Waals surface area (Å²) in [5.74, 6) is 0.133. The van der Waals surface area contributed by atoms with Crippen LogP contribution in [0.25, 0.3) is 0 Å². The zero-order valence-corrected chi connectivity index (χ0v) is 11.6. The maximum atomic E-state index is 12.2. The smallest absolute Gasteiger partial charge is 0.227 e. The van der Waals surface area contributed by atoms with E-state index in [0.29, 0.717) is 0 Å². The molecule has 1 rings (SSSR count). The molecular weight excluding hydrogens is 214 g/mol. The Labute approximate surface area is 105 Å². The predicted molar refractivity (Wildman–Crippen MR) is 70.7 cm³/mol. The lowest BCUT2D eigenvalue weighted by atomic mass is 9.84. The lowest BCUT2D eigenvalue weighted by Gasteiger charge is -2.29. The Morgan fingerprint density at radius 3 is 2.71 bits per heavy atom. The first-order valence-corrected chi connectivity index (χ1v) is 6.57. The van der Waals surface area contributed by atoms with E-state index in [1.165, 1.54) is 0 Å². The largest absolute Gasteiger partial charge is 0.353 e. The Morgan fingerprint density at radius 2 is 2.24 bits per heavy atom. The molecule has 1 amide bonds. The fourth-order valence-electron chi connectivity index (χ4n) is 2.39. The fraction of sp³-hybridized carbons (Fsp3) is 0.923. The van der Waals surface area contributed by atoms with Crippen molar-refractivity contribution in [3.8, 4) is 0 Å². The standard InChI is InChI=1S/C13H27N3O/c1-10(7-9-16(3)4)15-12(17)13(2)8-5-6-11(13)14/h10-11H,5-9,14H2,1-4H3,(H,15,17). The van der Waals surface area contributed by atoms with Gasteiger partial charge in [0.2, 0.25) is 5.91 Å². The van der Waals surface area contributed by atoms with E-state index in [-0.39, 0.29) is 23.4 Å². The van der Waals surface area contributed by atoms with Gasteiger partial charge in [-0.2, -0.15) is 0 Å². The van der Waals surface area contributed by atoms with Gasteiger partial charge in [-0.3, -0.25) is 4.79 Å². The van der Waals surface area contributed by atoms with Crippen molar-refractivity contribution in [2.24, 2.45) is 11.1 Å². The van der Waals surface area contributed by atoms with Gasteiger partial charge in [-0.1, -0.05) is 6.42 Å². The molecule has 0 radical (unpaired) electrons. The second kappa shape index (κ2) is 5.83. The summed E-state index contributed by atoms with van der Waals surface area (Å²) in [4.78, 5) is 14.4. The molecule has 0 aliphatic heterocycles. The topological polar surface area (TPSA) is 58.4 Å². The minimum atomic E-state index is -0.355. The molecule has 0 spiro atoms. The first-order chi connectivity index (χ1) is 7.86. The highest BCUT2D eigenvalue weighted by Gasteiger charge is 2.43. The quantitative estimate of drug-likeness (QED) is 0.754. The normalized spacial score (nSPS) is 30.6. The molecule has 1 aliphatic carbocycles. The molecular formula is C13H27N3O. The van der Waals surface area contributed by atoms with E-state index in [9.17, 15) is 4.79 Å². The van der Waals surface area contributed by atoms with Crippen molar-refractivity contribution in [2.45, 2.75) is 51.6 Å². The number of carbonyl (C=O) groups excluding carboxylic acids is 1. The van der Waals surface area contributed by atoms with Crippen LogP contribution < -0.4 is 11.1 Å². The van der Waals surface area contributed by atoms with Gasteiger partial charge in [-0.25, -0.2) is 0 Å². The van der Waals surface area contributed by atoms with E-state index in [2.05, 4.69) is 17.1 Å². The number of rotatable bonds is 5. The van der Waals surface area contributed by atoms with Crippen LogP contribution in [0.5, 0.6) is 0 Å². The number of nitrogens with two attached hydrogens (primary N) is 1. The molecule has 0 heterocycles. The fourth-order valence-corrected chi connectivity index (χ4v) is 2.39. The van der Waals surface area contributed by atoms with Crippen LogP contribution in [0.3, 0.4) is 0 Å². The molecule has 0 bridgehead atoms. The molecule has 0 aromatic heterocycles. The van der Waals surface area contributed by atoms with Crippen molar-refractivity contribution in [3.63, 3.8) is 0 Å². The predicted octanol–water partition coefficient (Wildman–Crippen LogP) is 0.960. The Morgan fingerprint density at radius 1 is 1.59 bits per heavy atom. The summed E-state index contributed by atoms with van der Waals surface area (Å²) >= 11 is 0. The molecule has 3 unspecified atom stereocenters. The van der Waals surface area contributed by atoms with Crippen LogP contribution in [-0.4, -0.2) is 43.5 Å². The second-order valence-electron chi connectivity index (χ2n) is 5.88. The van der Waals surface area contributed by atoms with Gasteiger partial charge in [-0.15, -0.1) is 0 Å². The summed E-state index contributed by atoms with van der Waals surface area (Å²) in [6.07, 6.45) is 3.93. The number of nitrogens with one attached hydrogen (secondary N) is 1. The van der Waals surface area contributed by atoms with Gasteiger partial charge in [0.15, 0.2) is 0 Å². The van der Waals surface area contributed by atoms with E-state index in [1.54, 1.807) is 0 Å². The molecule has 0 aromatic rings. The zero-order valence-electron chi connectivity index (χ0n) is 11.6. The van der Waals surface area contributed by atoms with Crippen molar-refractivity contribution >= 4 is 5.91 Å². The summed E-state index contributed by atoms with van der Waals surface area (Å²) in [7, 11) is 4.09. The lowest BCUT2D eigenvalue weighted by molar-refractivity contribution is -0.131. The Kier molecular flexibility index (Phi) is 4.95. The first kappa shape index (κ1) is 14.5. The van der Waals surface area contributed by atoms with Crippen LogP contribution in [0.4, 0.5) is 0 Å². The van der Waals surface area contributed by atoms with Crippen molar-refractivity contribution in [1.29, 1.82) is 0 Å². The average molecular weight is 241 g/mol. The summed E-state index contributed by atoms with van der Waals surface area (Å²) in [6.45, 7) is 5.05. The van der Waals surface area contributed by atoms with Gasteiger partial charge in [0, 0.05) is 12.1 Å². The number of nitrogens with zero attached hydrogens (tertiary/aromatic N) is 1. The van der Waals surface area contributed by atoms with Crippen LogP contribution >= 0.6 is 0 Å². The maximum absolute atomic E-state index is 12.2. The van der Waals surface area contributed by atoms with Crippen LogP contribution in [0.15, 0.2) is 0 Å². The van der Waals surface area contributed by atoms with Crippen molar-refractivity contribution < 1.29 is 4.79 Å². The third-order valence-corrected chi connectivity index (χ3v) is 3.94. The van der Waals surface area contributed by atoms with E-state index in [1.807, 2.05) is 21.0 Å². The lowest BCUT2D eigenvalue weighted by Crippen LogP contribution is -2.50. The minimum Gasteiger partial charge on any atom is -0.353 e. The molecule has 100 valence electrons. The third kappa shape index (κ3) is 3.68. The summed E-state index contributed by atoms with van der Waals surface area (Å²) in [6, 6.07) is 0.234. The molecule has 3 atom stereocenters. The van der Waals surface area contributed by atoms with E-state index in [0.717, 1.165) is 32.2 Å². The van der Waals surface area contributed by atoms with Gasteiger partial charge in [0.1, 0.15) is 0 Å². The molecule has 0 aromatic carbocycles. The molecule has 1 saturated carbocycles. The Bertz CT molecular complexity index is 267. The molecule has 1 aliphatic rings. The van der Waals surface area contributed by atoms with Gasteiger partial charge in [0.25, 0.3) is 0 Å². The summed E-state index contributed by atoms with van der Waals surface area (Å²) < 4.78 is 0. The van der Waals surface area contributed by atoms with E-state index < -0.39 is 0 Å². The van der Waals surface area contributed by atoms with Crippen LogP contribution in [-0.2, 0) is 4.79 Å². The summed E-state index contributed by atoms with van der Waals surface area (Å²) in [5.41, 5.74) is 5.69. The highest BCUT2D eigenvalue weighted by Crippen LogP contribution is 2.36. The van der Waals surface area contributed by atoms with Gasteiger partial charge in [-0.05, 0) is 53.8 Å². The third-order valence-electron chi connectivity index (χ3n) is 3.94.